The van der Waals surface area contributed by atoms with Gasteiger partial charge < -0.3 is 0 Å². The number of hydrazine groups is 1. The van der Waals surface area contributed by atoms with Crippen LogP contribution in [0.4, 0.5) is 0 Å². The van der Waals surface area contributed by atoms with Gasteiger partial charge >= 0.3 is 0 Å². The number of thiophene rings is 1. The molecule has 0 fully saturated rings. The highest BCUT2D eigenvalue weighted by Gasteiger charge is 2.07. The molecular formula is C9H9IN4OS. The molecule has 0 atom stereocenters. The van der Waals surface area contributed by atoms with Crippen LogP contribution in [-0.4, -0.2) is 15.7 Å². The molecule has 2 aromatic rings. The highest BCUT2D eigenvalue weighted by molar-refractivity contribution is 14.1. The smallest absolute Gasteiger partial charge is 0.275 e. The van der Waals surface area contributed by atoms with Crippen LogP contribution in [0.15, 0.2) is 24.5 Å². The highest BCUT2D eigenvalue weighted by atomic mass is 127. The van der Waals surface area contributed by atoms with E-state index in [0.29, 0.717) is 11.4 Å². The lowest BCUT2D eigenvalue weighted by atomic mass is 10.4. The molecule has 0 radical (unpaired) electrons. The number of nitrogens with two attached hydrogens (primary N) is 1. The van der Waals surface area contributed by atoms with Gasteiger partial charge in [0, 0.05) is 11.1 Å². The molecule has 3 N–H and O–H groups in total. The number of hydrogen-bond acceptors (Lipinski definition) is 4. The summed E-state index contributed by atoms with van der Waals surface area (Å²) in [5, 5.41) is 4.18. The summed E-state index contributed by atoms with van der Waals surface area (Å²) in [6.07, 6.45) is 3.74. The monoisotopic (exact) mass is 348 g/mol. The molecular weight excluding hydrogens is 339 g/mol. The quantitative estimate of drug-likeness (QED) is 0.379. The van der Waals surface area contributed by atoms with Gasteiger partial charge in [-0.1, -0.05) is 0 Å². The maximum absolute atomic E-state index is 11.2. The van der Waals surface area contributed by atoms with Crippen LogP contribution in [0.25, 0.3) is 0 Å². The minimum absolute atomic E-state index is 0.258. The van der Waals surface area contributed by atoms with Crippen molar-refractivity contribution in [3.8, 4) is 0 Å². The predicted molar refractivity (Wildman–Crippen MR) is 70.0 cm³/mol. The second kappa shape index (κ2) is 4.93. The van der Waals surface area contributed by atoms with Gasteiger partial charge in [-0.3, -0.25) is 14.9 Å². The average Bonchev–Trinajstić information content (AvgIpc) is 2.87. The molecule has 0 saturated carbocycles. The van der Waals surface area contributed by atoms with Gasteiger partial charge in [0.15, 0.2) is 0 Å². The van der Waals surface area contributed by atoms with Crippen molar-refractivity contribution in [2.75, 3.05) is 0 Å². The summed E-state index contributed by atoms with van der Waals surface area (Å²) in [6.45, 7) is 0.672. The van der Waals surface area contributed by atoms with Crippen molar-refractivity contribution in [3.63, 3.8) is 0 Å². The number of carbonyl (C=O) groups is 1. The van der Waals surface area contributed by atoms with E-state index in [-0.39, 0.29) is 5.91 Å². The number of amides is 1. The lowest BCUT2D eigenvalue weighted by molar-refractivity contribution is 0.0957. The maximum atomic E-state index is 11.2. The third-order valence-corrected chi connectivity index (χ3v) is 3.56. The summed E-state index contributed by atoms with van der Waals surface area (Å²) in [5.74, 6) is 4.80. The molecule has 0 aromatic carbocycles. The average molecular weight is 348 g/mol. The second-order valence-electron chi connectivity index (χ2n) is 3.10. The van der Waals surface area contributed by atoms with Crippen LogP contribution < -0.4 is 11.3 Å². The molecule has 7 heteroatoms. The Balaban J connectivity index is 2.11. The summed E-state index contributed by atoms with van der Waals surface area (Å²) < 4.78 is 2.92. The van der Waals surface area contributed by atoms with Gasteiger partial charge in [-0.25, -0.2) is 5.84 Å². The first-order chi connectivity index (χ1) is 7.69. The van der Waals surface area contributed by atoms with Crippen LogP contribution in [0.5, 0.6) is 0 Å². The first-order valence-electron chi connectivity index (χ1n) is 4.46. The van der Waals surface area contributed by atoms with Gasteiger partial charge in [-0.15, -0.1) is 11.3 Å². The fourth-order valence-corrected chi connectivity index (χ4v) is 2.59. The molecule has 2 heterocycles. The Hall–Kier alpha value is -0.930. The van der Waals surface area contributed by atoms with E-state index in [4.69, 9.17) is 5.84 Å². The third kappa shape index (κ3) is 2.60. The highest BCUT2D eigenvalue weighted by Crippen LogP contribution is 2.17. The standard InChI is InChI=1S/C9H9IN4OS/c10-6-3-12-14(4-6)5-7-1-2-8(16-7)9(15)13-11/h1-4H,5,11H2,(H,13,15). The Labute approximate surface area is 110 Å². The number of nitrogens with one attached hydrogen (secondary N) is 1. The largest absolute Gasteiger partial charge is 0.289 e. The first-order valence-corrected chi connectivity index (χ1v) is 6.36. The number of rotatable bonds is 3. The molecule has 2 rings (SSSR count). The van der Waals surface area contributed by atoms with Crippen molar-refractivity contribution in [2.45, 2.75) is 6.54 Å². The molecule has 2 aromatic heterocycles. The molecule has 0 aliphatic carbocycles. The number of halogens is 1. The van der Waals surface area contributed by atoms with Crippen molar-refractivity contribution >= 4 is 39.8 Å². The molecule has 0 unspecified atom stereocenters. The molecule has 0 aliphatic heterocycles. The van der Waals surface area contributed by atoms with Crippen molar-refractivity contribution in [2.24, 2.45) is 5.84 Å². The zero-order chi connectivity index (χ0) is 11.5. The predicted octanol–water partition coefficient (Wildman–Crippen LogP) is 1.20. The number of carbonyl (C=O) groups excluding carboxylic acids is 1. The topological polar surface area (TPSA) is 72.9 Å². The summed E-state index contributed by atoms with van der Waals surface area (Å²) in [6, 6.07) is 3.67. The molecule has 16 heavy (non-hydrogen) atoms. The van der Waals surface area contributed by atoms with Crippen LogP contribution in [0, 0.1) is 3.57 Å². The summed E-state index contributed by atoms with van der Waals surface area (Å²) >= 11 is 3.62. The molecule has 0 aliphatic rings. The van der Waals surface area contributed by atoms with E-state index in [2.05, 4.69) is 33.1 Å². The molecule has 0 bridgehead atoms. The molecule has 5 nitrogen and oxygen atoms in total. The number of nitrogens with zero attached hydrogens (tertiary/aromatic N) is 2. The first kappa shape index (κ1) is 11.6. The molecule has 1 amide bonds. The Bertz CT molecular complexity index is 507. The van der Waals surface area contributed by atoms with Gasteiger partial charge in [0.1, 0.15) is 0 Å². The normalized spacial score (nSPS) is 10.4. The minimum atomic E-state index is -0.258. The lowest BCUT2D eigenvalue weighted by Crippen LogP contribution is -2.29. The fraction of sp³-hybridized carbons (Fsp3) is 0.111. The van der Waals surface area contributed by atoms with Crippen molar-refractivity contribution < 1.29 is 4.79 Å². The third-order valence-electron chi connectivity index (χ3n) is 1.94. The molecule has 0 spiro atoms. The SMILES string of the molecule is NNC(=O)c1ccc(Cn2cc(I)cn2)s1. The molecule has 0 saturated heterocycles. The Morgan fingerprint density at radius 1 is 1.62 bits per heavy atom. The summed E-state index contributed by atoms with van der Waals surface area (Å²) in [7, 11) is 0. The van der Waals surface area contributed by atoms with Crippen molar-refractivity contribution in [3.05, 3.63) is 37.9 Å². The Kier molecular flexibility index (Phi) is 3.56. The van der Waals surface area contributed by atoms with E-state index in [1.54, 1.807) is 12.3 Å². The van der Waals surface area contributed by atoms with Gasteiger partial charge in [0.05, 0.1) is 21.2 Å². The van der Waals surface area contributed by atoms with Crippen LogP contribution in [-0.2, 0) is 6.54 Å². The van der Waals surface area contributed by atoms with Gasteiger partial charge in [-0.05, 0) is 34.7 Å². The zero-order valence-electron chi connectivity index (χ0n) is 8.18. The molecule has 84 valence electrons. The van der Waals surface area contributed by atoms with Crippen LogP contribution in [0.1, 0.15) is 14.5 Å². The van der Waals surface area contributed by atoms with Gasteiger partial charge in [0.2, 0.25) is 0 Å². The Morgan fingerprint density at radius 3 is 3.06 bits per heavy atom. The zero-order valence-corrected chi connectivity index (χ0v) is 11.2. The van der Waals surface area contributed by atoms with E-state index < -0.39 is 0 Å². The van der Waals surface area contributed by atoms with E-state index in [1.165, 1.54) is 11.3 Å². The van der Waals surface area contributed by atoms with Crippen LogP contribution >= 0.6 is 33.9 Å². The van der Waals surface area contributed by atoms with E-state index in [1.807, 2.05) is 16.9 Å². The van der Waals surface area contributed by atoms with E-state index in [9.17, 15) is 4.79 Å². The summed E-state index contributed by atoms with van der Waals surface area (Å²) in [5.41, 5.74) is 2.11. The van der Waals surface area contributed by atoms with Crippen LogP contribution in [0.2, 0.25) is 0 Å². The second-order valence-corrected chi connectivity index (χ2v) is 5.51. The van der Waals surface area contributed by atoms with E-state index in [0.717, 1.165) is 8.45 Å². The Morgan fingerprint density at radius 2 is 2.44 bits per heavy atom. The number of nitrogen functional groups attached to an aromatic ring is 1. The van der Waals surface area contributed by atoms with Crippen molar-refractivity contribution in [1.82, 2.24) is 15.2 Å². The van der Waals surface area contributed by atoms with Gasteiger partial charge in [0.25, 0.3) is 5.91 Å². The fourth-order valence-electron chi connectivity index (χ4n) is 1.24. The minimum Gasteiger partial charge on any atom is -0.289 e. The summed E-state index contributed by atoms with van der Waals surface area (Å²) in [4.78, 5) is 12.9. The van der Waals surface area contributed by atoms with Crippen molar-refractivity contribution in [1.29, 1.82) is 0 Å². The van der Waals surface area contributed by atoms with Gasteiger partial charge in [-0.2, -0.15) is 5.10 Å². The number of aromatic nitrogens is 2. The number of hydrogen-bond donors (Lipinski definition) is 2. The van der Waals surface area contributed by atoms with Crippen LogP contribution in [0.3, 0.4) is 0 Å². The van der Waals surface area contributed by atoms with E-state index >= 15 is 0 Å². The maximum Gasteiger partial charge on any atom is 0.275 e. The lowest BCUT2D eigenvalue weighted by Gasteiger charge is -1.97.